The third-order valence-corrected chi connectivity index (χ3v) is 2.13. The van der Waals surface area contributed by atoms with E-state index in [1.54, 1.807) is 6.07 Å². The lowest BCUT2D eigenvalue weighted by atomic mass is 10.2. The summed E-state index contributed by atoms with van der Waals surface area (Å²) < 4.78 is 10.0. The van der Waals surface area contributed by atoms with Gasteiger partial charge < -0.3 is 15.2 Å². The zero-order valence-electron chi connectivity index (χ0n) is 9.44. The summed E-state index contributed by atoms with van der Waals surface area (Å²) in [6, 6.07) is 7.29. The average Bonchev–Trinajstić information content (AvgIpc) is 2.28. The first kappa shape index (κ1) is 12.4. The van der Waals surface area contributed by atoms with Gasteiger partial charge in [0.1, 0.15) is 5.75 Å². The van der Waals surface area contributed by atoms with Crippen LogP contribution in [-0.4, -0.2) is 19.7 Å². The van der Waals surface area contributed by atoms with Crippen LogP contribution in [0.25, 0.3) is 0 Å². The Hall–Kier alpha value is -1.71. The minimum Gasteiger partial charge on any atom is -0.494 e. The Labute approximate surface area is 95.3 Å². The molecule has 88 valence electrons. The van der Waals surface area contributed by atoms with Gasteiger partial charge in [0.25, 0.3) is 0 Å². The Morgan fingerprint density at radius 1 is 1.38 bits per heavy atom. The monoisotopic (exact) mass is 223 g/mol. The van der Waals surface area contributed by atoms with Crippen LogP contribution < -0.4 is 10.5 Å². The van der Waals surface area contributed by atoms with Gasteiger partial charge >= 0.3 is 5.97 Å². The molecule has 1 aromatic rings. The molecule has 0 atom stereocenters. The minimum absolute atomic E-state index is 0.177. The van der Waals surface area contributed by atoms with Gasteiger partial charge in [0.15, 0.2) is 0 Å². The largest absolute Gasteiger partial charge is 0.494 e. The maximum absolute atomic E-state index is 10.8. The molecule has 0 unspecified atom stereocenters. The Morgan fingerprint density at radius 2 is 2.19 bits per heavy atom. The molecule has 4 nitrogen and oxygen atoms in total. The van der Waals surface area contributed by atoms with Gasteiger partial charge in [-0.15, -0.1) is 0 Å². The molecule has 0 aliphatic carbocycles. The number of anilines is 1. The SMILES string of the molecule is COC(=O)CCCCOc1cccc(N)c1. The molecule has 2 N–H and O–H groups in total. The van der Waals surface area contributed by atoms with Crippen molar-refractivity contribution in [3.63, 3.8) is 0 Å². The molecule has 1 aromatic carbocycles. The van der Waals surface area contributed by atoms with E-state index in [1.165, 1.54) is 7.11 Å². The summed E-state index contributed by atoms with van der Waals surface area (Å²) in [6.07, 6.45) is 2.04. The molecule has 0 saturated heterocycles. The van der Waals surface area contributed by atoms with E-state index < -0.39 is 0 Å². The highest BCUT2D eigenvalue weighted by Gasteiger charge is 1.99. The summed E-state index contributed by atoms with van der Waals surface area (Å²) in [5, 5.41) is 0. The van der Waals surface area contributed by atoms with Crippen LogP contribution in [0.4, 0.5) is 5.69 Å². The summed E-state index contributed by atoms with van der Waals surface area (Å²) in [5.74, 6) is 0.585. The molecule has 0 aromatic heterocycles. The zero-order chi connectivity index (χ0) is 11.8. The number of nitrogens with two attached hydrogens (primary N) is 1. The topological polar surface area (TPSA) is 61.5 Å². The quantitative estimate of drug-likeness (QED) is 0.455. The van der Waals surface area contributed by atoms with Crippen molar-refractivity contribution >= 4 is 11.7 Å². The Kier molecular flexibility index (Phi) is 5.19. The van der Waals surface area contributed by atoms with E-state index in [2.05, 4.69) is 4.74 Å². The fourth-order valence-corrected chi connectivity index (χ4v) is 1.27. The molecule has 1 rings (SSSR count). The van der Waals surface area contributed by atoms with Gasteiger partial charge in [0.2, 0.25) is 0 Å². The maximum Gasteiger partial charge on any atom is 0.305 e. The van der Waals surface area contributed by atoms with Gasteiger partial charge in [0.05, 0.1) is 13.7 Å². The van der Waals surface area contributed by atoms with Crippen LogP contribution in [0.3, 0.4) is 0 Å². The average molecular weight is 223 g/mol. The van der Waals surface area contributed by atoms with E-state index in [-0.39, 0.29) is 5.97 Å². The summed E-state index contributed by atoms with van der Waals surface area (Å²) >= 11 is 0. The number of hydrogen-bond donors (Lipinski definition) is 1. The minimum atomic E-state index is -0.177. The van der Waals surface area contributed by atoms with Crippen LogP contribution in [0, 0.1) is 0 Å². The van der Waals surface area contributed by atoms with Crippen molar-refractivity contribution in [3.05, 3.63) is 24.3 Å². The van der Waals surface area contributed by atoms with E-state index in [1.807, 2.05) is 18.2 Å². The normalized spacial score (nSPS) is 9.81. The van der Waals surface area contributed by atoms with Gasteiger partial charge in [0, 0.05) is 18.2 Å². The third kappa shape index (κ3) is 4.68. The number of benzene rings is 1. The second-order valence-electron chi connectivity index (χ2n) is 3.45. The standard InChI is InChI=1S/C12H17NO3/c1-15-12(14)7-2-3-8-16-11-6-4-5-10(13)9-11/h4-6,9H,2-3,7-8,13H2,1H3. The van der Waals surface area contributed by atoms with Gasteiger partial charge in [-0.3, -0.25) is 4.79 Å². The Morgan fingerprint density at radius 3 is 2.88 bits per heavy atom. The number of methoxy groups -OCH3 is 1. The molecular formula is C12H17NO3. The number of esters is 1. The zero-order valence-corrected chi connectivity index (χ0v) is 9.44. The smallest absolute Gasteiger partial charge is 0.305 e. The Balaban J connectivity index is 2.14. The lowest BCUT2D eigenvalue weighted by molar-refractivity contribution is -0.140. The number of hydrogen-bond acceptors (Lipinski definition) is 4. The highest BCUT2D eigenvalue weighted by Crippen LogP contribution is 2.14. The van der Waals surface area contributed by atoms with Crippen molar-refractivity contribution in [2.45, 2.75) is 19.3 Å². The number of carbonyl (C=O) groups excluding carboxylic acids is 1. The molecule has 0 amide bonds. The van der Waals surface area contributed by atoms with Crippen LogP contribution in [0.5, 0.6) is 5.75 Å². The second-order valence-corrected chi connectivity index (χ2v) is 3.45. The highest BCUT2D eigenvalue weighted by molar-refractivity contribution is 5.68. The number of rotatable bonds is 6. The maximum atomic E-state index is 10.8. The van der Waals surface area contributed by atoms with Gasteiger partial charge in [-0.1, -0.05) is 6.07 Å². The first-order valence-corrected chi connectivity index (χ1v) is 5.27. The number of nitrogen functional groups attached to an aromatic ring is 1. The van der Waals surface area contributed by atoms with Crippen LogP contribution in [0.2, 0.25) is 0 Å². The van der Waals surface area contributed by atoms with E-state index in [0.717, 1.165) is 18.6 Å². The van der Waals surface area contributed by atoms with Crippen LogP contribution in [-0.2, 0) is 9.53 Å². The van der Waals surface area contributed by atoms with Crippen LogP contribution >= 0.6 is 0 Å². The van der Waals surface area contributed by atoms with Crippen LogP contribution in [0.1, 0.15) is 19.3 Å². The van der Waals surface area contributed by atoms with Crippen molar-refractivity contribution in [1.29, 1.82) is 0 Å². The van der Waals surface area contributed by atoms with Crippen molar-refractivity contribution in [1.82, 2.24) is 0 Å². The molecule has 0 aliphatic heterocycles. The molecule has 0 aliphatic rings. The van der Waals surface area contributed by atoms with Crippen molar-refractivity contribution in [2.75, 3.05) is 19.5 Å². The van der Waals surface area contributed by atoms with Crippen molar-refractivity contribution < 1.29 is 14.3 Å². The molecule has 16 heavy (non-hydrogen) atoms. The predicted molar refractivity (Wildman–Crippen MR) is 62.2 cm³/mol. The molecule has 0 radical (unpaired) electrons. The van der Waals surface area contributed by atoms with Crippen LogP contribution in [0.15, 0.2) is 24.3 Å². The first-order chi connectivity index (χ1) is 7.72. The molecule has 0 bridgehead atoms. The van der Waals surface area contributed by atoms with Gasteiger partial charge in [-0.2, -0.15) is 0 Å². The molecule has 0 spiro atoms. The number of carbonyl (C=O) groups is 1. The molecule has 0 fully saturated rings. The summed E-state index contributed by atoms with van der Waals surface area (Å²) in [5.41, 5.74) is 6.29. The lowest BCUT2D eigenvalue weighted by Crippen LogP contribution is -2.02. The fourth-order valence-electron chi connectivity index (χ4n) is 1.27. The second kappa shape index (κ2) is 6.71. The molecular weight excluding hydrogens is 206 g/mol. The summed E-state index contributed by atoms with van der Waals surface area (Å²) in [4.78, 5) is 10.8. The van der Waals surface area contributed by atoms with Crippen molar-refractivity contribution in [2.24, 2.45) is 0 Å². The third-order valence-electron chi connectivity index (χ3n) is 2.13. The highest BCUT2D eigenvalue weighted by atomic mass is 16.5. The van der Waals surface area contributed by atoms with E-state index in [4.69, 9.17) is 10.5 Å². The number of ether oxygens (including phenoxy) is 2. The van der Waals surface area contributed by atoms with E-state index >= 15 is 0 Å². The van der Waals surface area contributed by atoms with Crippen molar-refractivity contribution in [3.8, 4) is 5.75 Å². The molecule has 0 saturated carbocycles. The predicted octanol–water partition coefficient (Wildman–Crippen LogP) is 1.99. The Bertz CT molecular complexity index is 339. The fraction of sp³-hybridized carbons (Fsp3) is 0.417. The summed E-state index contributed by atoms with van der Waals surface area (Å²) in [6.45, 7) is 0.584. The lowest BCUT2D eigenvalue weighted by Gasteiger charge is -2.06. The van der Waals surface area contributed by atoms with E-state index in [9.17, 15) is 4.79 Å². The molecule has 0 heterocycles. The van der Waals surface area contributed by atoms with Gasteiger partial charge in [-0.25, -0.2) is 0 Å². The molecule has 4 heteroatoms. The summed E-state index contributed by atoms with van der Waals surface area (Å²) in [7, 11) is 1.39. The number of unbranched alkanes of at least 4 members (excludes halogenated alkanes) is 1. The first-order valence-electron chi connectivity index (χ1n) is 5.27. The van der Waals surface area contributed by atoms with Gasteiger partial charge in [-0.05, 0) is 25.0 Å². The van der Waals surface area contributed by atoms with E-state index in [0.29, 0.717) is 18.7 Å².